The first kappa shape index (κ1) is 17.6. The van der Waals surface area contributed by atoms with Gasteiger partial charge in [-0.05, 0) is 30.5 Å². The maximum absolute atomic E-state index is 12.6. The van der Waals surface area contributed by atoms with Crippen molar-refractivity contribution < 1.29 is 17.7 Å². The van der Waals surface area contributed by atoms with Crippen LogP contribution in [-0.4, -0.2) is 48.7 Å². The summed E-state index contributed by atoms with van der Waals surface area (Å²) < 4.78 is 28.0. The van der Waals surface area contributed by atoms with Crippen LogP contribution in [0.5, 0.6) is 0 Å². The Bertz CT molecular complexity index is 858. The van der Waals surface area contributed by atoms with Crippen molar-refractivity contribution in [1.29, 1.82) is 0 Å². The molecule has 1 atom stereocenters. The number of rotatable bonds is 4. The lowest BCUT2D eigenvalue weighted by Crippen LogP contribution is -2.40. The van der Waals surface area contributed by atoms with Crippen molar-refractivity contribution in [2.45, 2.75) is 37.0 Å². The van der Waals surface area contributed by atoms with Gasteiger partial charge in [0, 0.05) is 32.2 Å². The van der Waals surface area contributed by atoms with Gasteiger partial charge in [-0.1, -0.05) is 17.3 Å². The lowest BCUT2D eigenvalue weighted by molar-refractivity contribution is -0.131. The number of aryl methyl sites for hydroxylation is 1. The molecule has 1 aliphatic heterocycles. The predicted molar refractivity (Wildman–Crippen MR) is 90.8 cm³/mol. The first-order chi connectivity index (χ1) is 11.8. The Morgan fingerprint density at radius 1 is 1.32 bits per heavy atom. The molecule has 25 heavy (non-hydrogen) atoms. The monoisotopic (exact) mass is 363 g/mol. The van der Waals surface area contributed by atoms with Crippen LogP contribution in [-0.2, 0) is 21.1 Å². The molecule has 2 aromatic rings. The molecule has 1 fully saturated rings. The molecule has 0 spiro atoms. The highest BCUT2D eigenvalue weighted by Crippen LogP contribution is 2.25. The molecule has 3 rings (SSSR count). The molecule has 1 aromatic carbocycles. The van der Waals surface area contributed by atoms with E-state index in [-0.39, 0.29) is 23.1 Å². The average molecular weight is 363 g/mol. The fraction of sp³-hybridized carbons (Fsp3) is 0.471. The van der Waals surface area contributed by atoms with Gasteiger partial charge in [-0.25, -0.2) is 8.42 Å². The number of benzene rings is 1. The zero-order chi connectivity index (χ0) is 18.0. The second kappa shape index (κ2) is 6.95. The third-order valence-electron chi connectivity index (χ3n) is 4.39. The van der Waals surface area contributed by atoms with Crippen LogP contribution in [0.4, 0.5) is 0 Å². The van der Waals surface area contributed by atoms with Crippen LogP contribution >= 0.6 is 0 Å². The van der Waals surface area contributed by atoms with Gasteiger partial charge < -0.3 is 9.42 Å². The minimum atomic E-state index is -3.22. The Morgan fingerprint density at radius 2 is 2.04 bits per heavy atom. The van der Waals surface area contributed by atoms with Gasteiger partial charge in [-0.2, -0.15) is 4.98 Å². The molecule has 1 aromatic heterocycles. The van der Waals surface area contributed by atoms with Gasteiger partial charge >= 0.3 is 0 Å². The van der Waals surface area contributed by atoms with Crippen LogP contribution in [0.2, 0.25) is 0 Å². The molecular formula is C17H21N3O4S. The zero-order valence-corrected chi connectivity index (χ0v) is 15.1. The summed E-state index contributed by atoms with van der Waals surface area (Å²) in [6.07, 6.45) is 3.26. The third-order valence-corrected chi connectivity index (χ3v) is 5.52. The Labute approximate surface area is 146 Å². The fourth-order valence-corrected chi connectivity index (χ4v) is 3.67. The van der Waals surface area contributed by atoms with Crippen LogP contribution in [0, 0.1) is 6.92 Å². The number of sulfone groups is 1. The molecule has 0 N–H and O–H groups in total. The van der Waals surface area contributed by atoms with Crippen LogP contribution in [0.3, 0.4) is 0 Å². The summed E-state index contributed by atoms with van der Waals surface area (Å²) in [5.41, 5.74) is 0.801. The van der Waals surface area contributed by atoms with E-state index in [4.69, 9.17) is 4.52 Å². The average Bonchev–Trinajstić information content (AvgIpc) is 3.01. The maximum atomic E-state index is 12.6. The Kier molecular flexibility index (Phi) is 4.89. The van der Waals surface area contributed by atoms with Crippen molar-refractivity contribution in [3.05, 3.63) is 41.5 Å². The van der Waals surface area contributed by atoms with E-state index >= 15 is 0 Å². The Hall–Kier alpha value is -2.22. The minimum Gasteiger partial charge on any atom is -0.342 e. The number of hydrogen-bond donors (Lipinski definition) is 0. The van der Waals surface area contributed by atoms with Crippen molar-refractivity contribution in [3.63, 3.8) is 0 Å². The number of carbonyl (C=O) groups excluding carboxylic acids is 1. The number of carbonyl (C=O) groups is 1. The zero-order valence-electron chi connectivity index (χ0n) is 14.3. The molecule has 0 aliphatic carbocycles. The van der Waals surface area contributed by atoms with Gasteiger partial charge in [-0.15, -0.1) is 0 Å². The normalized spacial score (nSPS) is 18.3. The molecule has 0 unspecified atom stereocenters. The van der Waals surface area contributed by atoms with E-state index in [1.807, 2.05) is 4.90 Å². The molecule has 1 aliphatic rings. The molecule has 7 nitrogen and oxygen atoms in total. The minimum absolute atomic E-state index is 0.0250. The van der Waals surface area contributed by atoms with E-state index in [2.05, 4.69) is 10.1 Å². The second-order valence-electron chi connectivity index (χ2n) is 6.44. The number of piperidine rings is 1. The van der Waals surface area contributed by atoms with E-state index in [9.17, 15) is 13.2 Å². The third kappa shape index (κ3) is 4.25. The molecule has 1 amide bonds. The molecule has 0 bridgehead atoms. The van der Waals surface area contributed by atoms with Crippen LogP contribution in [0.15, 0.2) is 33.7 Å². The SMILES string of the molecule is Cc1nc([C@@H]2CCCN(C(=O)Cc3ccc(S(C)(=O)=O)cc3)C2)no1. The summed E-state index contributed by atoms with van der Waals surface area (Å²) >= 11 is 0. The predicted octanol–water partition coefficient (Wildman–Crippen LogP) is 1.73. The van der Waals surface area contributed by atoms with Crippen LogP contribution in [0.1, 0.15) is 36.0 Å². The van der Waals surface area contributed by atoms with Gasteiger partial charge in [-0.3, -0.25) is 4.79 Å². The van der Waals surface area contributed by atoms with Crippen molar-refractivity contribution in [1.82, 2.24) is 15.0 Å². The van der Waals surface area contributed by atoms with E-state index in [0.717, 1.165) is 18.4 Å². The van der Waals surface area contributed by atoms with Crippen molar-refractivity contribution >= 4 is 15.7 Å². The van der Waals surface area contributed by atoms with Gasteiger partial charge in [0.2, 0.25) is 11.8 Å². The molecule has 0 saturated carbocycles. The quantitative estimate of drug-likeness (QED) is 0.821. The van der Waals surface area contributed by atoms with Gasteiger partial charge in [0.15, 0.2) is 15.7 Å². The molecule has 8 heteroatoms. The molecule has 2 heterocycles. The second-order valence-corrected chi connectivity index (χ2v) is 8.46. The Morgan fingerprint density at radius 3 is 2.64 bits per heavy atom. The molecule has 1 saturated heterocycles. The maximum Gasteiger partial charge on any atom is 0.227 e. The fourth-order valence-electron chi connectivity index (χ4n) is 3.04. The van der Waals surface area contributed by atoms with E-state index < -0.39 is 9.84 Å². The summed E-state index contributed by atoms with van der Waals surface area (Å²) in [5, 5.41) is 3.97. The lowest BCUT2D eigenvalue weighted by atomic mass is 9.97. The van der Waals surface area contributed by atoms with Crippen LogP contribution < -0.4 is 0 Å². The summed E-state index contributed by atoms with van der Waals surface area (Å²) in [6.45, 7) is 3.05. The van der Waals surface area contributed by atoms with E-state index in [1.165, 1.54) is 6.26 Å². The van der Waals surface area contributed by atoms with Gasteiger partial charge in [0.05, 0.1) is 11.3 Å². The van der Waals surface area contributed by atoms with Gasteiger partial charge in [0.25, 0.3) is 0 Å². The number of likely N-dealkylation sites (tertiary alicyclic amines) is 1. The lowest BCUT2D eigenvalue weighted by Gasteiger charge is -2.31. The topological polar surface area (TPSA) is 93.4 Å². The number of nitrogens with zero attached hydrogens (tertiary/aromatic N) is 3. The standard InChI is InChI=1S/C17H21N3O4S/c1-12-18-17(19-24-12)14-4-3-9-20(11-14)16(21)10-13-5-7-15(8-6-13)25(2,22)23/h5-8,14H,3-4,9-11H2,1-2H3/t14-/m1/s1. The van der Waals surface area contributed by atoms with E-state index in [0.29, 0.717) is 24.8 Å². The largest absolute Gasteiger partial charge is 0.342 e. The number of hydrogen-bond acceptors (Lipinski definition) is 6. The van der Waals surface area contributed by atoms with Crippen molar-refractivity contribution in [2.75, 3.05) is 19.3 Å². The smallest absolute Gasteiger partial charge is 0.227 e. The highest BCUT2D eigenvalue weighted by Gasteiger charge is 2.27. The van der Waals surface area contributed by atoms with Crippen molar-refractivity contribution in [3.8, 4) is 0 Å². The highest BCUT2D eigenvalue weighted by atomic mass is 32.2. The highest BCUT2D eigenvalue weighted by molar-refractivity contribution is 7.90. The summed E-state index contributed by atoms with van der Waals surface area (Å²) in [4.78, 5) is 18.9. The molecular weight excluding hydrogens is 342 g/mol. The molecule has 0 radical (unpaired) electrons. The number of aromatic nitrogens is 2. The first-order valence-electron chi connectivity index (χ1n) is 8.20. The Balaban J connectivity index is 1.64. The summed E-state index contributed by atoms with van der Waals surface area (Å²) in [5.74, 6) is 1.32. The number of amides is 1. The van der Waals surface area contributed by atoms with Crippen LogP contribution in [0.25, 0.3) is 0 Å². The summed E-state index contributed by atoms with van der Waals surface area (Å²) in [7, 11) is -3.22. The first-order valence-corrected chi connectivity index (χ1v) is 10.1. The van der Waals surface area contributed by atoms with Crippen molar-refractivity contribution in [2.24, 2.45) is 0 Å². The van der Waals surface area contributed by atoms with Gasteiger partial charge in [0.1, 0.15) is 0 Å². The van der Waals surface area contributed by atoms with E-state index in [1.54, 1.807) is 31.2 Å². The summed E-state index contributed by atoms with van der Waals surface area (Å²) in [6, 6.07) is 6.47. The molecule has 134 valence electrons.